The zero-order valence-electron chi connectivity index (χ0n) is 19.0. The van der Waals surface area contributed by atoms with Crippen LogP contribution < -0.4 is 14.9 Å². The average Bonchev–Trinajstić information content (AvgIpc) is 3.20. The number of rotatable bonds is 3. The number of benzene rings is 3. The number of aryl methyl sites for hydroxylation is 1. The second kappa shape index (κ2) is 8.89. The Morgan fingerprint density at radius 3 is 2.68 bits per heavy atom. The maximum atomic E-state index is 13.8. The van der Waals surface area contributed by atoms with Crippen molar-refractivity contribution in [3.63, 3.8) is 0 Å². The number of aromatic hydroxyl groups is 1. The van der Waals surface area contributed by atoms with E-state index in [0.717, 1.165) is 40.2 Å². The Balaban J connectivity index is 1.62. The van der Waals surface area contributed by atoms with Gasteiger partial charge in [-0.2, -0.15) is 0 Å². The average molecular weight is 578 g/mol. The lowest BCUT2D eigenvalue weighted by Gasteiger charge is -2.30. The summed E-state index contributed by atoms with van der Waals surface area (Å²) in [7, 11) is 0. The summed E-state index contributed by atoms with van der Waals surface area (Å²) < 4.78 is 15.8. The molecule has 0 unspecified atom stereocenters. The first kappa shape index (κ1) is 23.5. The fourth-order valence-electron chi connectivity index (χ4n) is 4.93. The van der Waals surface area contributed by atoms with Crippen LogP contribution in [-0.2, 0) is 6.42 Å². The molecule has 1 N–H and O–H groups in total. The third kappa shape index (κ3) is 3.93. The number of thiazole rings is 1. The van der Waals surface area contributed by atoms with Crippen LogP contribution in [-0.4, -0.2) is 14.6 Å². The molecule has 0 saturated carbocycles. The van der Waals surface area contributed by atoms with E-state index in [9.17, 15) is 24.4 Å². The van der Waals surface area contributed by atoms with E-state index in [1.165, 1.54) is 35.9 Å². The summed E-state index contributed by atoms with van der Waals surface area (Å²) >= 11 is 4.29. The monoisotopic (exact) mass is 577 g/mol. The molecule has 7 nitrogen and oxygen atoms in total. The zero-order valence-corrected chi connectivity index (χ0v) is 21.4. The molecule has 0 radical (unpaired) electrons. The Labute approximate surface area is 221 Å². The molecule has 2 aliphatic rings. The van der Waals surface area contributed by atoms with Gasteiger partial charge in [-0.25, -0.2) is 9.38 Å². The quantitative estimate of drug-likeness (QED) is 0.278. The number of aromatic nitrogens is 1. The van der Waals surface area contributed by atoms with Crippen LogP contribution in [0.3, 0.4) is 0 Å². The van der Waals surface area contributed by atoms with Crippen molar-refractivity contribution < 1.29 is 14.4 Å². The molecular weight excluding hydrogens is 561 g/mol. The first-order chi connectivity index (χ1) is 17.8. The number of phenolic OH excluding ortho intramolecular Hbond substituents is 1. The Bertz CT molecular complexity index is 1830. The Kier molecular flexibility index (Phi) is 5.65. The van der Waals surface area contributed by atoms with Gasteiger partial charge >= 0.3 is 0 Å². The predicted octanol–water partition coefficient (Wildman–Crippen LogP) is 4.83. The second-order valence-electron chi connectivity index (χ2n) is 8.79. The lowest BCUT2D eigenvalue weighted by Crippen LogP contribution is -2.38. The maximum absolute atomic E-state index is 13.8. The number of nitrogens with zero attached hydrogens (tertiary/aromatic N) is 3. The normalized spacial score (nSPS) is 16.6. The van der Waals surface area contributed by atoms with Crippen molar-refractivity contribution in [1.29, 1.82) is 0 Å². The molecule has 0 bridgehead atoms. The van der Waals surface area contributed by atoms with Crippen LogP contribution in [0.25, 0.3) is 11.8 Å². The summed E-state index contributed by atoms with van der Waals surface area (Å²) in [6.45, 7) is 0. The van der Waals surface area contributed by atoms with Crippen LogP contribution in [0.4, 0.5) is 10.1 Å². The van der Waals surface area contributed by atoms with Gasteiger partial charge in [0.15, 0.2) is 4.80 Å². The molecule has 1 aliphatic carbocycles. The van der Waals surface area contributed by atoms with Crippen molar-refractivity contribution in [2.24, 2.45) is 4.99 Å². The smallest absolute Gasteiger partial charge is 0.271 e. The topological polar surface area (TPSA) is 97.7 Å². The van der Waals surface area contributed by atoms with Gasteiger partial charge in [0.25, 0.3) is 11.2 Å². The Hall–Kier alpha value is -3.89. The highest BCUT2D eigenvalue weighted by Gasteiger charge is 2.32. The lowest BCUT2D eigenvalue weighted by atomic mass is 9.83. The van der Waals surface area contributed by atoms with Crippen LogP contribution in [0.5, 0.6) is 5.75 Å². The summed E-state index contributed by atoms with van der Waals surface area (Å²) in [5, 5.41) is 21.9. The first-order valence-electron chi connectivity index (χ1n) is 11.4. The predicted molar refractivity (Wildman–Crippen MR) is 142 cm³/mol. The molecule has 2 heterocycles. The molecule has 4 aromatic rings. The lowest BCUT2D eigenvalue weighted by molar-refractivity contribution is -0.385. The molecule has 184 valence electrons. The number of fused-ring (bicyclic) bond motifs is 3. The zero-order chi connectivity index (χ0) is 25.8. The van der Waals surface area contributed by atoms with Crippen molar-refractivity contribution in [2.75, 3.05) is 0 Å². The molecule has 37 heavy (non-hydrogen) atoms. The molecule has 1 atom stereocenters. The summed E-state index contributed by atoms with van der Waals surface area (Å²) in [6, 6.07) is 16.1. The van der Waals surface area contributed by atoms with Gasteiger partial charge < -0.3 is 5.11 Å². The Morgan fingerprint density at radius 2 is 1.92 bits per heavy atom. The molecule has 3 aromatic carbocycles. The van der Waals surface area contributed by atoms with Crippen LogP contribution in [0, 0.1) is 15.9 Å². The minimum atomic E-state index is -0.566. The fraction of sp³-hybridized carbons (Fsp3) is 0.111. The number of halogens is 2. The van der Waals surface area contributed by atoms with E-state index in [1.807, 2.05) is 18.2 Å². The van der Waals surface area contributed by atoms with Gasteiger partial charge in [0.1, 0.15) is 11.6 Å². The number of nitro groups is 1. The van der Waals surface area contributed by atoms with Gasteiger partial charge in [0.05, 0.1) is 25.7 Å². The largest absolute Gasteiger partial charge is 0.506 e. The minimum Gasteiger partial charge on any atom is -0.506 e. The van der Waals surface area contributed by atoms with Crippen LogP contribution in [0.2, 0.25) is 0 Å². The van der Waals surface area contributed by atoms with Gasteiger partial charge in [0, 0.05) is 23.3 Å². The van der Waals surface area contributed by atoms with Gasteiger partial charge in [-0.15, -0.1) is 0 Å². The molecule has 1 aromatic heterocycles. The van der Waals surface area contributed by atoms with E-state index in [0.29, 0.717) is 11.2 Å². The van der Waals surface area contributed by atoms with Crippen molar-refractivity contribution in [2.45, 2.75) is 18.9 Å². The van der Waals surface area contributed by atoms with Crippen LogP contribution >= 0.6 is 27.3 Å². The number of hydrogen-bond donors (Lipinski definition) is 1. The maximum Gasteiger partial charge on any atom is 0.271 e. The van der Waals surface area contributed by atoms with E-state index < -0.39 is 11.0 Å². The minimum absolute atomic E-state index is 0.138. The van der Waals surface area contributed by atoms with Gasteiger partial charge in [-0.05, 0) is 63.7 Å². The van der Waals surface area contributed by atoms with E-state index in [1.54, 1.807) is 16.7 Å². The highest BCUT2D eigenvalue weighted by molar-refractivity contribution is 9.10. The standard InChI is InChI=1S/C27H17BrFN3O4S/c28-21-13-18(32(35)36)11-16(25(21)33)12-22-26(34)31-24(15-5-8-17(29)9-6-15)20-10-7-14-3-1-2-4-19(14)23(20)30-27(31)37-22/h1-6,8-9,11-13,24,33H,7,10H2/b22-12+/t24-/m1/s1. The van der Waals surface area contributed by atoms with Crippen molar-refractivity contribution in [3.8, 4) is 5.75 Å². The summed E-state index contributed by atoms with van der Waals surface area (Å²) in [5.41, 5.74) is 4.30. The van der Waals surface area contributed by atoms with Crippen molar-refractivity contribution in [1.82, 2.24) is 4.57 Å². The van der Waals surface area contributed by atoms with E-state index in [-0.39, 0.29) is 37.4 Å². The van der Waals surface area contributed by atoms with Gasteiger partial charge in [-0.1, -0.05) is 47.7 Å². The number of non-ortho nitro benzene ring substituents is 1. The molecule has 1 aliphatic heterocycles. The van der Waals surface area contributed by atoms with E-state index in [2.05, 4.69) is 22.0 Å². The molecule has 0 spiro atoms. The van der Waals surface area contributed by atoms with Crippen LogP contribution in [0.15, 0.2) is 80.5 Å². The Morgan fingerprint density at radius 1 is 1.16 bits per heavy atom. The van der Waals surface area contributed by atoms with Crippen LogP contribution in [0.1, 0.15) is 34.7 Å². The number of phenols is 1. The molecule has 0 saturated heterocycles. The van der Waals surface area contributed by atoms with Crippen molar-refractivity contribution >= 4 is 44.7 Å². The molecule has 10 heteroatoms. The van der Waals surface area contributed by atoms with E-state index >= 15 is 0 Å². The van der Waals surface area contributed by atoms with E-state index in [4.69, 9.17) is 4.99 Å². The first-order valence-corrected chi connectivity index (χ1v) is 13.0. The number of allylic oxidation sites excluding steroid dienone is 1. The third-order valence-electron chi connectivity index (χ3n) is 6.63. The summed E-state index contributed by atoms with van der Waals surface area (Å²) in [5.74, 6) is -0.578. The highest BCUT2D eigenvalue weighted by Crippen LogP contribution is 2.41. The third-order valence-corrected chi connectivity index (χ3v) is 8.22. The highest BCUT2D eigenvalue weighted by atomic mass is 79.9. The molecule has 0 amide bonds. The second-order valence-corrected chi connectivity index (χ2v) is 10.7. The molecule has 6 rings (SSSR count). The fourth-order valence-corrected chi connectivity index (χ4v) is 6.38. The van der Waals surface area contributed by atoms with Gasteiger partial charge in [0.2, 0.25) is 0 Å². The number of nitro benzene ring substituents is 1. The van der Waals surface area contributed by atoms with Crippen molar-refractivity contribution in [3.05, 3.63) is 129 Å². The molecule has 0 fully saturated rings. The molecular formula is C27H17BrFN3O4S. The number of hydrogen-bond acceptors (Lipinski definition) is 6. The van der Waals surface area contributed by atoms with Gasteiger partial charge in [-0.3, -0.25) is 19.5 Å². The SMILES string of the molecule is O=c1/c(=C\c2cc([N+](=O)[O-])cc(Br)c2O)sc2n1[C@H](c1ccc(F)cc1)C1=C(N=2)c2ccccc2CC1. The summed E-state index contributed by atoms with van der Waals surface area (Å²) in [6.07, 6.45) is 2.93. The summed E-state index contributed by atoms with van der Waals surface area (Å²) in [4.78, 5) is 29.9.